The molecule has 1 N–H and O–H groups in total. The summed E-state index contributed by atoms with van der Waals surface area (Å²) in [6.07, 6.45) is 3.69. The Morgan fingerprint density at radius 3 is 2.41 bits per heavy atom. The van der Waals surface area contributed by atoms with E-state index >= 15 is 0 Å². The lowest BCUT2D eigenvalue weighted by molar-refractivity contribution is 0.565. The van der Waals surface area contributed by atoms with Gasteiger partial charge in [0.25, 0.3) is 0 Å². The van der Waals surface area contributed by atoms with Gasteiger partial charge in [-0.15, -0.1) is 0 Å². The summed E-state index contributed by atoms with van der Waals surface area (Å²) in [7, 11) is 0. The highest BCUT2D eigenvalue weighted by molar-refractivity contribution is 9.10. The molecule has 172 valence electrons. The number of nitrogens with one attached hydrogen (secondary N) is 1. The molecule has 0 bridgehead atoms. The molecular weight excluding hydrogens is 506 g/mol. The Kier molecular flexibility index (Phi) is 6.00. The molecule has 1 saturated heterocycles. The molecule has 5 rings (SSSR count). The van der Waals surface area contributed by atoms with Crippen molar-refractivity contribution in [1.29, 1.82) is 0 Å². The number of aromatic nitrogens is 3. The van der Waals surface area contributed by atoms with E-state index in [1.165, 1.54) is 5.56 Å². The van der Waals surface area contributed by atoms with E-state index in [0.29, 0.717) is 5.11 Å². The van der Waals surface area contributed by atoms with Gasteiger partial charge in [-0.3, -0.25) is 4.98 Å². The minimum Gasteiger partial charge on any atom is -0.351 e. The second-order valence-electron chi connectivity index (χ2n) is 8.74. The number of pyridine rings is 2. The first-order chi connectivity index (χ1) is 16.4. The van der Waals surface area contributed by atoms with Crippen LogP contribution >= 0.6 is 28.1 Å². The molecule has 4 aromatic rings. The maximum absolute atomic E-state index is 5.91. The Morgan fingerprint density at radius 1 is 0.912 bits per heavy atom. The molecule has 1 aromatic carbocycles. The number of thiocarbonyl (C=S) groups is 1. The van der Waals surface area contributed by atoms with Gasteiger partial charge in [0, 0.05) is 33.9 Å². The summed E-state index contributed by atoms with van der Waals surface area (Å²) < 4.78 is 3.32. The predicted octanol–water partition coefficient (Wildman–Crippen LogP) is 6.44. The predicted molar refractivity (Wildman–Crippen MR) is 145 cm³/mol. The highest BCUT2D eigenvalue weighted by atomic mass is 79.9. The Balaban J connectivity index is 1.70. The summed E-state index contributed by atoms with van der Waals surface area (Å²) in [5, 5.41) is 4.26. The molecule has 0 saturated carbocycles. The fourth-order valence-electron chi connectivity index (χ4n) is 4.85. The Hall–Kier alpha value is -3.03. The zero-order valence-electron chi connectivity index (χ0n) is 19.6. The first-order valence-electron chi connectivity index (χ1n) is 11.2. The zero-order valence-corrected chi connectivity index (χ0v) is 22.0. The summed E-state index contributed by atoms with van der Waals surface area (Å²) in [6, 6.07) is 18.6. The quantitative estimate of drug-likeness (QED) is 0.307. The average Bonchev–Trinajstić information content (AvgIpc) is 3.32. The van der Waals surface area contributed by atoms with Crippen molar-refractivity contribution < 1.29 is 0 Å². The van der Waals surface area contributed by atoms with E-state index in [1.807, 2.05) is 30.6 Å². The number of benzene rings is 1. The molecule has 4 heterocycles. The van der Waals surface area contributed by atoms with Crippen LogP contribution in [0.1, 0.15) is 45.9 Å². The molecular formula is C27H26BrN5S. The van der Waals surface area contributed by atoms with Crippen LogP contribution in [0.3, 0.4) is 0 Å². The van der Waals surface area contributed by atoms with E-state index in [1.54, 1.807) is 0 Å². The topological polar surface area (TPSA) is 46.0 Å². The lowest BCUT2D eigenvalue weighted by Crippen LogP contribution is -2.29. The van der Waals surface area contributed by atoms with E-state index < -0.39 is 0 Å². The third-order valence-electron chi connectivity index (χ3n) is 6.50. The van der Waals surface area contributed by atoms with Crippen molar-refractivity contribution in [2.45, 2.75) is 39.8 Å². The van der Waals surface area contributed by atoms with Gasteiger partial charge in [-0.25, -0.2) is 4.98 Å². The number of anilines is 1. The van der Waals surface area contributed by atoms with Gasteiger partial charge >= 0.3 is 0 Å². The molecule has 34 heavy (non-hydrogen) atoms. The van der Waals surface area contributed by atoms with Gasteiger partial charge in [-0.05, 0) is 99.1 Å². The molecule has 1 aliphatic rings. The number of rotatable bonds is 4. The van der Waals surface area contributed by atoms with Crippen LogP contribution in [-0.4, -0.2) is 19.6 Å². The third-order valence-corrected chi connectivity index (χ3v) is 7.70. The number of aryl methyl sites for hydroxylation is 3. The lowest BCUT2D eigenvalue weighted by atomic mass is 9.96. The van der Waals surface area contributed by atoms with Crippen molar-refractivity contribution in [3.8, 4) is 5.82 Å². The Bertz CT molecular complexity index is 1380. The van der Waals surface area contributed by atoms with Crippen LogP contribution in [0, 0.1) is 27.7 Å². The van der Waals surface area contributed by atoms with Crippen molar-refractivity contribution in [2.24, 2.45) is 0 Å². The maximum atomic E-state index is 5.91. The summed E-state index contributed by atoms with van der Waals surface area (Å²) in [5.74, 6) is 0.956. The van der Waals surface area contributed by atoms with Gasteiger partial charge < -0.3 is 14.8 Å². The molecule has 2 atom stereocenters. The third kappa shape index (κ3) is 3.83. The fraction of sp³-hybridized carbons (Fsp3) is 0.222. The largest absolute Gasteiger partial charge is 0.351 e. The second-order valence-corrected chi connectivity index (χ2v) is 9.98. The molecule has 3 aromatic heterocycles. The van der Waals surface area contributed by atoms with E-state index in [-0.39, 0.29) is 12.1 Å². The normalized spacial score (nSPS) is 17.8. The summed E-state index contributed by atoms with van der Waals surface area (Å²) in [5.41, 5.74) is 7.80. The molecule has 5 nitrogen and oxygen atoms in total. The van der Waals surface area contributed by atoms with Crippen LogP contribution in [-0.2, 0) is 0 Å². The molecule has 0 radical (unpaired) electrons. The van der Waals surface area contributed by atoms with E-state index in [9.17, 15) is 0 Å². The number of hydrogen-bond donors (Lipinski definition) is 1. The zero-order chi connectivity index (χ0) is 24.0. The Labute approximate surface area is 214 Å². The van der Waals surface area contributed by atoms with Crippen LogP contribution in [0.4, 0.5) is 5.69 Å². The fourth-order valence-corrected chi connectivity index (χ4v) is 5.44. The summed E-state index contributed by atoms with van der Waals surface area (Å²) in [4.78, 5) is 11.6. The molecule has 1 aliphatic heterocycles. The molecule has 0 amide bonds. The van der Waals surface area contributed by atoms with Crippen molar-refractivity contribution in [1.82, 2.24) is 19.9 Å². The monoisotopic (exact) mass is 531 g/mol. The van der Waals surface area contributed by atoms with Crippen molar-refractivity contribution >= 4 is 38.9 Å². The molecule has 7 heteroatoms. The van der Waals surface area contributed by atoms with Gasteiger partial charge in [0.15, 0.2) is 5.11 Å². The van der Waals surface area contributed by atoms with Crippen LogP contribution < -0.4 is 10.2 Å². The Morgan fingerprint density at radius 2 is 1.71 bits per heavy atom. The van der Waals surface area contributed by atoms with Crippen LogP contribution in [0.5, 0.6) is 0 Å². The number of hydrogen-bond acceptors (Lipinski definition) is 3. The van der Waals surface area contributed by atoms with Gasteiger partial charge in [0.1, 0.15) is 5.82 Å². The molecule has 1 fully saturated rings. The van der Waals surface area contributed by atoms with Gasteiger partial charge in [0.05, 0.1) is 17.8 Å². The summed E-state index contributed by atoms with van der Waals surface area (Å²) >= 11 is 9.54. The van der Waals surface area contributed by atoms with Crippen molar-refractivity contribution in [2.75, 3.05) is 4.90 Å². The van der Waals surface area contributed by atoms with Crippen LogP contribution in [0.2, 0.25) is 0 Å². The highest BCUT2D eigenvalue weighted by Gasteiger charge is 2.42. The maximum Gasteiger partial charge on any atom is 0.174 e. The molecule has 0 spiro atoms. The van der Waals surface area contributed by atoms with E-state index in [2.05, 4.69) is 99.8 Å². The minimum atomic E-state index is -0.0866. The van der Waals surface area contributed by atoms with E-state index in [0.717, 1.165) is 44.2 Å². The van der Waals surface area contributed by atoms with Gasteiger partial charge in [0.2, 0.25) is 0 Å². The summed E-state index contributed by atoms with van der Waals surface area (Å²) in [6.45, 7) is 8.50. The lowest BCUT2D eigenvalue weighted by Gasteiger charge is -2.28. The number of nitrogens with zero attached hydrogens (tertiary/aromatic N) is 4. The SMILES string of the molecule is Cc1cc(N2C(=S)N[C@@H](c3ccccn3)[C@@H]2c2cc(C)n(-c3ncccc3C)c2C)ccc1Br. The van der Waals surface area contributed by atoms with Crippen LogP contribution in [0.15, 0.2) is 71.5 Å². The first-order valence-corrected chi connectivity index (χ1v) is 12.4. The molecule has 0 aliphatic carbocycles. The number of halogens is 1. The smallest absolute Gasteiger partial charge is 0.174 e. The van der Waals surface area contributed by atoms with Gasteiger partial charge in [-0.2, -0.15) is 0 Å². The van der Waals surface area contributed by atoms with Crippen LogP contribution in [0.25, 0.3) is 5.82 Å². The molecule has 0 unspecified atom stereocenters. The highest BCUT2D eigenvalue weighted by Crippen LogP contribution is 2.44. The van der Waals surface area contributed by atoms with Crippen molar-refractivity contribution in [3.05, 3.63) is 105 Å². The van der Waals surface area contributed by atoms with E-state index in [4.69, 9.17) is 17.2 Å². The average molecular weight is 533 g/mol. The standard InChI is InChI=1S/C27H26BrN5S/c1-16-8-7-13-30-26(16)32-18(3)15-21(19(32)4)25-24(23-9-5-6-12-29-23)31-27(34)33(25)20-10-11-22(28)17(2)14-20/h5-15,24-25H,1-4H3,(H,31,34)/t24-,25-/m0/s1. The van der Waals surface area contributed by atoms with Crippen molar-refractivity contribution in [3.63, 3.8) is 0 Å². The second kappa shape index (κ2) is 8.96. The van der Waals surface area contributed by atoms with Gasteiger partial charge in [-0.1, -0.05) is 28.1 Å². The minimum absolute atomic E-state index is 0.0630. The first kappa shape index (κ1) is 22.7.